The summed E-state index contributed by atoms with van der Waals surface area (Å²) in [5.41, 5.74) is 1.12. The van der Waals surface area contributed by atoms with Gasteiger partial charge in [0.1, 0.15) is 29.5 Å². The SMILES string of the molecule is CC(=O)CCC(C(=O)C1CCC1C)c1coc2ccc3cc(OCCN4CCC(C)(O)CC4)ccc3c12. The molecule has 6 heteroatoms. The number of likely N-dealkylation sites (tertiary alicyclic amines) is 1. The first-order valence-corrected chi connectivity index (χ1v) is 13.8. The lowest BCUT2D eigenvalue weighted by Crippen LogP contribution is -2.43. The van der Waals surface area contributed by atoms with Gasteiger partial charge in [-0.15, -0.1) is 0 Å². The quantitative estimate of drug-likeness (QED) is 0.371. The molecular formula is C31H39NO5. The number of hydrogen-bond acceptors (Lipinski definition) is 6. The summed E-state index contributed by atoms with van der Waals surface area (Å²) in [4.78, 5) is 27.7. The van der Waals surface area contributed by atoms with E-state index in [2.05, 4.69) is 17.9 Å². The first kappa shape index (κ1) is 25.9. The molecule has 1 saturated carbocycles. The van der Waals surface area contributed by atoms with Crippen molar-refractivity contribution in [2.75, 3.05) is 26.2 Å². The van der Waals surface area contributed by atoms with Gasteiger partial charge < -0.3 is 19.1 Å². The molecule has 1 aliphatic carbocycles. The van der Waals surface area contributed by atoms with Crippen molar-refractivity contribution in [3.05, 3.63) is 42.2 Å². The Morgan fingerprint density at radius 2 is 1.97 bits per heavy atom. The minimum absolute atomic E-state index is 0.0721. The topological polar surface area (TPSA) is 80.0 Å². The number of piperidine rings is 1. The highest BCUT2D eigenvalue weighted by molar-refractivity contribution is 6.09. The van der Waals surface area contributed by atoms with E-state index in [1.807, 2.05) is 31.2 Å². The van der Waals surface area contributed by atoms with E-state index in [9.17, 15) is 14.7 Å². The second-order valence-electron chi connectivity index (χ2n) is 11.6. The molecule has 0 bridgehead atoms. The molecule has 1 aliphatic heterocycles. The molecule has 0 amide bonds. The molecule has 2 aliphatic rings. The standard InChI is InChI=1S/C31H39NO5/c1-20-4-8-24(20)30(34)26(9-5-21(2)33)27-19-37-28-11-6-22-18-23(7-10-25(22)29(27)28)36-17-16-32-14-12-31(3,35)13-15-32/h6-7,10-11,18-20,24,26,35H,4-5,8-9,12-17H2,1-3H3. The van der Waals surface area contributed by atoms with Gasteiger partial charge in [-0.2, -0.15) is 0 Å². The zero-order chi connectivity index (χ0) is 26.2. The molecule has 2 aromatic carbocycles. The van der Waals surface area contributed by atoms with Gasteiger partial charge in [0.15, 0.2) is 0 Å². The number of ether oxygens (including phenoxy) is 1. The Balaban J connectivity index is 1.36. The van der Waals surface area contributed by atoms with E-state index in [0.29, 0.717) is 25.4 Å². The Hall–Kier alpha value is -2.70. The molecule has 37 heavy (non-hydrogen) atoms. The van der Waals surface area contributed by atoms with Gasteiger partial charge in [-0.05, 0) is 86.9 Å². The molecule has 1 saturated heterocycles. The van der Waals surface area contributed by atoms with Crippen molar-refractivity contribution < 1.29 is 23.8 Å². The Bertz CT molecular complexity index is 1280. The van der Waals surface area contributed by atoms with Crippen LogP contribution < -0.4 is 4.74 Å². The van der Waals surface area contributed by atoms with Crippen molar-refractivity contribution in [1.29, 1.82) is 0 Å². The smallest absolute Gasteiger partial charge is 0.143 e. The summed E-state index contributed by atoms with van der Waals surface area (Å²) in [6.45, 7) is 8.84. The molecule has 0 radical (unpaired) electrons. The van der Waals surface area contributed by atoms with E-state index in [1.165, 1.54) is 0 Å². The summed E-state index contributed by atoms with van der Waals surface area (Å²) < 4.78 is 12.0. The third kappa shape index (κ3) is 5.60. The van der Waals surface area contributed by atoms with Gasteiger partial charge in [-0.25, -0.2) is 0 Å². The second-order valence-corrected chi connectivity index (χ2v) is 11.6. The summed E-state index contributed by atoms with van der Waals surface area (Å²) in [5, 5.41) is 13.2. The molecular weight excluding hydrogens is 466 g/mol. The number of ketones is 2. The van der Waals surface area contributed by atoms with Crippen LogP contribution in [0.5, 0.6) is 5.75 Å². The largest absolute Gasteiger partial charge is 0.492 e. The van der Waals surface area contributed by atoms with Crippen LogP contribution in [0.3, 0.4) is 0 Å². The average Bonchev–Trinajstić information content (AvgIpc) is 3.28. The fourth-order valence-corrected chi connectivity index (χ4v) is 5.91. The zero-order valence-electron chi connectivity index (χ0n) is 22.3. The Kier molecular flexibility index (Phi) is 7.42. The van der Waals surface area contributed by atoms with Gasteiger partial charge >= 0.3 is 0 Å². The van der Waals surface area contributed by atoms with Gasteiger partial charge in [0.2, 0.25) is 0 Å². The molecule has 3 atom stereocenters. The maximum atomic E-state index is 13.6. The van der Waals surface area contributed by atoms with Gasteiger partial charge in [0.05, 0.1) is 11.9 Å². The first-order chi connectivity index (χ1) is 17.7. The van der Waals surface area contributed by atoms with E-state index in [1.54, 1.807) is 13.2 Å². The average molecular weight is 506 g/mol. The number of aliphatic hydroxyl groups is 1. The van der Waals surface area contributed by atoms with Crippen molar-refractivity contribution in [3.63, 3.8) is 0 Å². The van der Waals surface area contributed by atoms with Gasteiger partial charge in [-0.1, -0.05) is 13.0 Å². The van der Waals surface area contributed by atoms with Crippen molar-refractivity contribution >= 4 is 33.3 Å². The van der Waals surface area contributed by atoms with E-state index in [0.717, 1.165) is 78.4 Å². The number of furan rings is 1. The normalized spacial score (nSPS) is 22.6. The van der Waals surface area contributed by atoms with Crippen LogP contribution >= 0.6 is 0 Å². The lowest BCUT2D eigenvalue weighted by Gasteiger charge is -2.35. The number of rotatable bonds is 10. The Morgan fingerprint density at radius 3 is 2.65 bits per heavy atom. The molecule has 5 rings (SSSR count). The minimum Gasteiger partial charge on any atom is -0.492 e. The van der Waals surface area contributed by atoms with Crippen molar-refractivity contribution in [1.82, 2.24) is 4.90 Å². The number of hydrogen-bond donors (Lipinski definition) is 1. The summed E-state index contributed by atoms with van der Waals surface area (Å²) in [5.74, 6) is 1.31. The number of Topliss-reactive ketones (excluding diaryl/α,β-unsaturated/α-hetero) is 2. The maximum Gasteiger partial charge on any atom is 0.143 e. The van der Waals surface area contributed by atoms with Gasteiger partial charge in [-0.3, -0.25) is 9.69 Å². The number of fused-ring (bicyclic) bond motifs is 3. The van der Waals surface area contributed by atoms with Crippen LogP contribution in [-0.2, 0) is 9.59 Å². The third-order valence-corrected chi connectivity index (χ3v) is 8.65. The Labute approximate surface area is 219 Å². The molecule has 3 unspecified atom stereocenters. The van der Waals surface area contributed by atoms with Crippen molar-refractivity contribution in [2.45, 2.75) is 70.8 Å². The number of benzene rings is 2. The third-order valence-electron chi connectivity index (χ3n) is 8.65. The molecule has 2 heterocycles. The fourth-order valence-electron chi connectivity index (χ4n) is 5.91. The van der Waals surface area contributed by atoms with E-state index in [4.69, 9.17) is 9.15 Å². The van der Waals surface area contributed by atoms with Gasteiger partial charge in [0.25, 0.3) is 0 Å². The van der Waals surface area contributed by atoms with Crippen molar-refractivity contribution in [2.24, 2.45) is 11.8 Å². The van der Waals surface area contributed by atoms with Crippen molar-refractivity contribution in [3.8, 4) is 5.75 Å². The van der Waals surface area contributed by atoms with E-state index < -0.39 is 5.60 Å². The summed E-state index contributed by atoms with van der Waals surface area (Å²) in [6.07, 6.45) is 6.26. The predicted molar refractivity (Wildman–Crippen MR) is 145 cm³/mol. The monoisotopic (exact) mass is 505 g/mol. The predicted octanol–water partition coefficient (Wildman–Crippen LogP) is 5.88. The molecule has 6 nitrogen and oxygen atoms in total. The van der Waals surface area contributed by atoms with E-state index in [-0.39, 0.29) is 23.4 Å². The van der Waals surface area contributed by atoms with Crippen LogP contribution in [0.2, 0.25) is 0 Å². The minimum atomic E-state index is -0.543. The number of nitrogens with zero attached hydrogens (tertiary/aromatic N) is 1. The highest BCUT2D eigenvalue weighted by atomic mass is 16.5. The lowest BCUT2D eigenvalue weighted by atomic mass is 9.68. The van der Waals surface area contributed by atoms with Crippen LogP contribution in [0.25, 0.3) is 21.7 Å². The molecule has 198 valence electrons. The van der Waals surface area contributed by atoms with Crippen LogP contribution in [0.15, 0.2) is 41.0 Å². The first-order valence-electron chi connectivity index (χ1n) is 13.8. The summed E-state index contributed by atoms with van der Waals surface area (Å²) in [6, 6.07) is 10.1. The number of carbonyl (C=O) groups is 2. The molecule has 0 spiro atoms. The summed E-state index contributed by atoms with van der Waals surface area (Å²) >= 11 is 0. The highest BCUT2D eigenvalue weighted by Crippen LogP contribution is 2.43. The fraction of sp³-hybridized carbons (Fsp3) is 0.548. The number of carbonyl (C=O) groups excluding carboxylic acids is 2. The van der Waals surface area contributed by atoms with Crippen LogP contribution in [0, 0.1) is 11.8 Å². The van der Waals surface area contributed by atoms with Crippen LogP contribution in [0.1, 0.15) is 70.8 Å². The zero-order valence-corrected chi connectivity index (χ0v) is 22.3. The Morgan fingerprint density at radius 1 is 1.19 bits per heavy atom. The second kappa shape index (κ2) is 10.6. The van der Waals surface area contributed by atoms with E-state index >= 15 is 0 Å². The molecule has 1 aromatic heterocycles. The van der Waals surface area contributed by atoms with Crippen LogP contribution in [0.4, 0.5) is 0 Å². The maximum absolute atomic E-state index is 13.6. The van der Waals surface area contributed by atoms with Gasteiger partial charge in [0, 0.05) is 48.8 Å². The highest BCUT2D eigenvalue weighted by Gasteiger charge is 2.38. The summed E-state index contributed by atoms with van der Waals surface area (Å²) in [7, 11) is 0. The molecule has 3 aromatic rings. The molecule has 2 fully saturated rings. The molecule has 1 N–H and O–H groups in total. The van der Waals surface area contributed by atoms with Crippen LogP contribution in [-0.4, -0.2) is 53.4 Å². The lowest BCUT2D eigenvalue weighted by molar-refractivity contribution is -0.129.